The molecule has 0 aliphatic carbocycles. The highest BCUT2D eigenvalue weighted by atomic mass is 35.5. The zero-order valence-electron chi connectivity index (χ0n) is 9.53. The van der Waals surface area contributed by atoms with E-state index in [9.17, 15) is 9.59 Å². The molecule has 1 fully saturated rings. The summed E-state index contributed by atoms with van der Waals surface area (Å²) in [4.78, 5) is 22.5. The minimum absolute atomic E-state index is 0.0224. The molecule has 0 spiro atoms. The molecule has 2 rings (SSSR count). The Morgan fingerprint density at radius 1 is 1.61 bits per heavy atom. The number of anilines is 1. The summed E-state index contributed by atoms with van der Waals surface area (Å²) in [5, 5.41) is 5.39. The van der Waals surface area contributed by atoms with E-state index in [2.05, 4.69) is 15.4 Å². The summed E-state index contributed by atoms with van der Waals surface area (Å²) in [5.41, 5.74) is 0.520. The zero-order chi connectivity index (χ0) is 13.1. The average Bonchev–Trinajstić information content (AvgIpc) is 2.76. The molecule has 1 aromatic rings. The van der Waals surface area contributed by atoms with E-state index < -0.39 is 12.1 Å². The molecule has 1 unspecified atom stereocenters. The second kappa shape index (κ2) is 5.14. The highest BCUT2D eigenvalue weighted by molar-refractivity contribution is 6.32. The molecule has 0 aromatic heterocycles. The van der Waals surface area contributed by atoms with Crippen LogP contribution in [0, 0.1) is 0 Å². The molecule has 7 heteroatoms. The van der Waals surface area contributed by atoms with Crippen molar-refractivity contribution in [2.75, 3.05) is 19.0 Å². The fourth-order valence-corrected chi connectivity index (χ4v) is 1.76. The monoisotopic (exact) mass is 270 g/mol. The highest BCUT2D eigenvalue weighted by Gasteiger charge is 2.28. The molecule has 18 heavy (non-hydrogen) atoms. The van der Waals surface area contributed by atoms with Gasteiger partial charge in [0.15, 0.2) is 0 Å². The number of alkyl carbamates (subject to hydrolysis) is 1. The van der Waals surface area contributed by atoms with E-state index in [0.717, 1.165) is 0 Å². The van der Waals surface area contributed by atoms with Gasteiger partial charge in [-0.2, -0.15) is 0 Å². The van der Waals surface area contributed by atoms with E-state index in [1.807, 2.05) is 0 Å². The number of nitrogens with one attached hydrogen (secondary N) is 2. The predicted octanol–water partition coefficient (Wildman–Crippen LogP) is 1.40. The van der Waals surface area contributed by atoms with Crippen molar-refractivity contribution in [2.45, 2.75) is 6.04 Å². The topological polar surface area (TPSA) is 76.7 Å². The standard InChI is InChI=1S/C11H11ClN2O4/c1-17-9-3-2-6(4-7(9)12)13-10(15)8-5-18-11(16)14-8/h2-4,8H,5H2,1H3,(H,13,15)(H,14,16). The summed E-state index contributed by atoms with van der Waals surface area (Å²) in [7, 11) is 1.50. The van der Waals surface area contributed by atoms with Gasteiger partial charge in [-0.3, -0.25) is 4.79 Å². The lowest BCUT2D eigenvalue weighted by Crippen LogP contribution is -2.38. The lowest BCUT2D eigenvalue weighted by molar-refractivity contribution is -0.117. The number of ether oxygens (including phenoxy) is 2. The third-order valence-electron chi connectivity index (χ3n) is 2.41. The summed E-state index contributed by atoms with van der Waals surface area (Å²) in [6.45, 7) is 0.0224. The van der Waals surface area contributed by atoms with E-state index in [1.165, 1.54) is 7.11 Å². The van der Waals surface area contributed by atoms with Crippen LogP contribution in [0.15, 0.2) is 18.2 Å². The van der Waals surface area contributed by atoms with Crippen LogP contribution in [0.25, 0.3) is 0 Å². The van der Waals surface area contributed by atoms with E-state index in [1.54, 1.807) is 18.2 Å². The number of carbonyl (C=O) groups is 2. The third-order valence-corrected chi connectivity index (χ3v) is 2.70. The SMILES string of the molecule is COc1ccc(NC(=O)C2COC(=O)N2)cc1Cl. The normalized spacial score (nSPS) is 17.9. The largest absolute Gasteiger partial charge is 0.495 e. The van der Waals surface area contributed by atoms with E-state index in [4.69, 9.17) is 16.3 Å². The van der Waals surface area contributed by atoms with E-state index in [-0.39, 0.29) is 12.5 Å². The lowest BCUT2D eigenvalue weighted by atomic mass is 10.2. The molecule has 0 saturated carbocycles. The van der Waals surface area contributed by atoms with Gasteiger partial charge < -0.3 is 20.1 Å². The van der Waals surface area contributed by atoms with Gasteiger partial charge in [-0.1, -0.05) is 11.6 Å². The summed E-state index contributed by atoms with van der Waals surface area (Å²) in [6, 6.07) is 4.18. The van der Waals surface area contributed by atoms with Crippen molar-refractivity contribution in [1.29, 1.82) is 0 Å². The highest BCUT2D eigenvalue weighted by Crippen LogP contribution is 2.27. The van der Waals surface area contributed by atoms with E-state index in [0.29, 0.717) is 16.5 Å². The minimum Gasteiger partial charge on any atom is -0.495 e. The Bertz CT molecular complexity index is 492. The first-order chi connectivity index (χ1) is 8.60. The quantitative estimate of drug-likeness (QED) is 0.870. The van der Waals surface area contributed by atoms with Crippen molar-refractivity contribution < 1.29 is 19.1 Å². The van der Waals surface area contributed by atoms with E-state index >= 15 is 0 Å². The van der Waals surface area contributed by atoms with Gasteiger partial charge in [0.25, 0.3) is 5.91 Å². The third kappa shape index (κ3) is 2.65. The Kier molecular flexibility index (Phi) is 3.57. The van der Waals surface area contributed by atoms with Crippen LogP contribution >= 0.6 is 11.6 Å². The number of benzene rings is 1. The van der Waals surface area contributed by atoms with Crippen molar-refractivity contribution in [3.8, 4) is 5.75 Å². The first-order valence-corrected chi connectivity index (χ1v) is 5.55. The molecular formula is C11H11ClN2O4. The van der Waals surface area contributed by atoms with Gasteiger partial charge in [-0.15, -0.1) is 0 Å². The van der Waals surface area contributed by atoms with Gasteiger partial charge in [0, 0.05) is 5.69 Å². The Balaban J connectivity index is 2.03. The molecule has 6 nitrogen and oxygen atoms in total. The summed E-state index contributed by atoms with van der Waals surface area (Å²) in [5.74, 6) is 0.161. The van der Waals surface area contributed by atoms with Crippen LogP contribution in [0.1, 0.15) is 0 Å². The molecule has 1 heterocycles. The molecule has 1 aromatic carbocycles. The average molecular weight is 271 g/mol. The Morgan fingerprint density at radius 2 is 2.39 bits per heavy atom. The maximum Gasteiger partial charge on any atom is 0.407 e. The maximum absolute atomic E-state index is 11.7. The van der Waals surface area contributed by atoms with Crippen LogP contribution < -0.4 is 15.4 Å². The lowest BCUT2D eigenvalue weighted by Gasteiger charge is -2.10. The molecule has 96 valence electrons. The molecule has 2 amide bonds. The van der Waals surface area contributed by atoms with Crippen LogP contribution in [0.3, 0.4) is 0 Å². The van der Waals surface area contributed by atoms with Crippen molar-refractivity contribution in [3.63, 3.8) is 0 Å². The van der Waals surface area contributed by atoms with Gasteiger partial charge in [0.05, 0.1) is 12.1 Å². The molecule has 1 aliphatic heterocycles. The van der Waals surface area contributed by atoms with Crippen LogP contribution in [0.5, 0.6) is 5.75 Å². The second-order valence-corrected chi connectivity index (χ2v) is 4.04. The Hall–Kier alpha value is -1.95. The molecule has 0 radical (unpaired) electrons. The summed E-state index contributed by atoms with van der Waals surface area (Å²) >= 11 is 5.93. The number of carbonyl (C=O) groups excluding carboxylic acids is 2. The molecule has 1 atom stereocenters. The van der Waals surface area contributed by atoms with Gasteiger partial charge in [0.1, 0.15) is 18.4 Å². The molecule has 2 N–H and O–H groups in total. The smallest absolute Gasteiger partial charge is 0.407 e. The zero-order valence-corrected chi connectivity index (χ0v) is 10.3. The summed E-state index contributed by atoms with van der Waals surface area (Å²) < 4.78 is 9.62. The molecule has 1 aliphatic rings. The number of amides is 2. The number of hydrogen-bond donors (Lipinski definition) is 2. The van der Waals surface area contributed by atoms with Crippen LogP contribution in [-0.2, 0) is 9.53 Å². The van der Waals surface area contributed by atoms with Crippen molar-refractivity contribution in [2.24, 2.45) is 0 Å². The number of rotatable bonds is 3. The Morgan fingerprint density at radius 3 is 2.94 bits per heavy atom. The Labute approximate surface area is 108 Å². The number of halogens is 1. The van der Waals surface area contributed by atoms with Gasteiger partial charge >= 0.3 is 6.09 Å². The van der Waals surface area contributed by atoms with Crippen molar-refractivity contribution in [3.05, 3.63) is 23.2 Å². The summed E-state index contributed by atoms with van der Waals surface area (Å²) in [6.07, 6.45) is -0.595. The first-order valence-electron chi connectivity index (χ1n) is 5.18. The van der Waals surface area contributed by atoms with Crippen LogP contribution in [0.2, 0.25) is 5.02 Å². The molecular weight excluding hydrogens is 260 g/mol. The maximum atomic E-state index is 11.7. The fourth-order valence-electron chi connectivity index (χ4n) is 1.50. The number of cyclic esters (lactones) is 1. The minimum atomic E-state index is -0.682. The first kappa shape index (κ1) is 12.5. The van der Waals surface area contributed by atoms with Gasteiger partial charge in [0.2, 0.25) is 0 Å². The number of hydrogen-bond acceptors (Lipinski definition) is 4. The second-order valence-electron chi connectivity index (χ2n) is 3.63. The molecule has 0 bridgehead atoms. The van der Waals surface area contributed by atoms with Crippen LogP contribution in [-0.4, -0.2) is 31.8 Å². The van der Waals surface area contributed by atoms with Gasteiger partial charge in [-0.05, 0) is 18.2 Å². The fraction of sp³-hybridized carbons (Fsp3) is 0.273. The number of methoxy groups -OCH3 is 1. The van der Waals surface area contributed by atoms with Gasteiger partial charge in [-0.25, -0.2) is 4.79 Å². The van der Waals surface area contributed by atoms with Crippen molar-refractivity contribution >= 4 is 29.3 Å². The predicted molar refractivity (Wildman–Crippen MR) is 64.9 cm³/mol. The van der Waals surface area contributed by atoms with Crippen molar-refractivity contribution in [1.82, 2.24) is 5.32 Å². The van der Waals surface area contributed by atoms with Crippen LogP contribution in [0.4, 0.5) is 10.5 Å². The molecule has 1 saturated heterocycles.